The Labute approximate surface area is 115 Å². The Balaban J connectivity index is 2.25. The smallest absolute Gasteiger partial charge is 0.307 e. The van der Waals surface area contributed by atoms with Gasteiger partial charge in [0.05, 0.1) is 12.0 Å². The number of carboxylic acids is 1. The number of carbonyl (C=O) groups is 2. The summed E-state index contributed by atoms with van der Waals surface area (Å²) in [5, 5.41) is 8.92. The van der Waals surface area contributed by atoms with Crippen molar-refractivity contribution < 1.29 is 14.7 Å². The number of hydrogen-bond donors (Lipinski definition) is 2. The summed E-state index contributed by atoms with van der Waals surface area (Å²) in [6.07, 6.45) is 2.24. The molecule has 0 spiro atoms. The van der Waals surface area contributed by atoms with Crippen molar-refractivity contribution in [2.75, 3.05) is 19.6 Å². The first kappa shape index (κ1) is 16.1. The maximum absolute atomic E-state index is 11.9. The number of ketones is 1. The van der Waals surface area contributed by atoms with Crippen LogP contribution in [0.5, 0.6) is 0 Å². The molecule has 2 unspecified atom stereocenters. The first-order chi connectivity index (χ1) is 8.71. The van der Waals surface area contributed by atoms with Crippen molar-refractivity contribution in [2.45, 2.75) is 46.1 Å². The van der Waals surface area contributed by atoms with Crippen molar-refractivity contribution in [3.63, 3.8) is 0 Å². The number of carboxylic acid groups (broad SMARTS) is 1. The highest BCUT2D eigenvalue weighted by molar-refractivity contribution is 5.88. The minimum Gasteiger partial charge on any atom is -0.481 e. The van der Waals surface area contributed by atoms with E-state index in [9.17, 15) is 9.59 Å². The monoisotopic (exact) mass is 270 g/mol. The van der Waals surface area contributed by atoms with Crippen LogP contribution in [-0.4, -0.2) is 47.4 Å². The lowest BCUT2D eigenvalue weighted by atomic mass is 9.85. The van der Waals surface area contributed by atoms with Gasteiger partial charge in [0.2, 0.25) is 0 Å². The minimum atomic E-state index is -0.706. The first-order valence-electron chi connectivity index (χ1n) is 6.97. The zero-order valence-corrected chi connectivity index (χ0v) is 12.2. The standard InChI is InChI=1S/C14H26N2O3/c1-14(2,3)12(17)11(15)5-4-7-16-8-6-10(9-16)13(18)19/h10-11H,4-9,15H2,1-3H3,(H,18,19). The number of carbonyl (C=O) groups excluding carboxylic acids is 1. The summed E-state index contributed by atoms with van der Waals surface area (Å²) in [5.41, 5.74) is 5.51. The normalized spacial score (nSPS) is 22.4. The molecule has 3 N–H and O–H groups in total. The van der Waals surface area contributed by atoms with Crippen molar-refractivity contribution in [3.8, 4) is 0 Å². The third kappa shape index (κ3) is 4.91. The molecule has 5 nitrogen and oxygen atoms in total. The van der Waals surface area contributed by atoms with Crippen molar-refractivity contribution in [1.29, 1.82) is 0 Å². The number of rotatable bonds is 6. The average molecular weight is 270 g/mol. The van der Waals surface area contributed by atoms with Crippen LogP contribution in [0.25, 0.3) is 0 Å². The van der Waals surface area contributed by atoms with Crippen LogP contribution in [-0.2, 0) is 9.59 Å². The highest BCUT2D eigenvalue weighted by Crippen LogP contribution is 2.19. The van der Waals surface area contributed by atoms with E-state index < -0.39 is 12.0 Å². The molecule has 0 aromatic carbocycles. The number of nitrogens with zero attached hydrogens (tertiary/aromatic N) is 1. The van der Waals surface area contributed by atoms with Gasteiger partial charge in [-0.15, -0.1) is 0 Å². The van der Waals surface area contributed by atoms with E-state index in [4.69, 9.17) is 10.8 Å². The zero-order chi connectivity index (χ0) is 14.6. The quantitative estimate of drug-likeness (QED) is 0.755. The molecule has 0 aromatic rings. The minimum absolute atomic E-state index is 0.0948. The lowest BCUT2D eigenvalue weighted by Gasteiger charge is -2.22. The molecule has 1 rings (SSSR count). The Morgan fingerprint density at radius 3 is 2.53 bits per heavy atom. The highest BCUT2D eigenvalue weighted by Gasteiger charge is 2.29. The van der Waals surface area contributed by atoms with Gasteiger partial charge in [0.25, 0.3) is 0 Å². The van der Waals surface area contributed by atoms with Gasteiger partial charge in [-0.25, -0.2) is 0 Å². The SMILES string of the molecule is CC(C)(C)C(=O)C(N)CCCN1CCC(C(=O)O)C1. The van der Waals surface area contributed by atoms with E-state index in [1.165, 1.54) is 0 Å². The fourth-order valence-electron chi connectivity index (χ4n) is 2.46. The molecule has 0 aromatic heterocycles. The lowest BCUT2D eigenvalue weighted by Crippen LogP contribution is -2.39. The van der Waals surface area contributed by atoms with E-state index in [1.54, 1.807) is 0 Å². The number of hydrogen-bond acceptors (Lipinski definition) is 4. The van der Waals surface area contributed by atoms with E-state index in [0.29, 0.717) is 13.0 Å². The zero-order valence-electron chi connectivity index (χ0n) is 12.2. The molecule has 1 fully saturated rings. The maximum Gasteiger partial charge on any atom is 0.307 e. The Kier molecular flexibility index (Phi) is 5.50. The summed E-state index contributed by atoms with van der Waals surface area (Å²) >= 11 is 0. The summed E-state index contributed by atoms with van der Waals surface area (Å²) in [4.78, 5) is 24.9. The molecule has 1 aliphatic rings. The van der Waals surface area contributed by atoms with Crippen LogP contribution >= 0.6 is 0 Å². The second-order valence-corrected chi connectivity index (χ2v) is 6.49. The van der Waals surface area contributed by atoms with Gasteiger partial charge in [-0.3, -0.25) is 9.59 Å². The third-order valence-corrected chi connectivity index (χ3v) is 3.69. The van der Waals surface area contributed by atoms with E-state index in [2.05, 4.69) is 4.90 Å². The predicted octanol–water partition coefficient (Wildman–Crippen LogP) is 1.12. The second-order valence-electron chi connectivity index (χ2n) is 6.49. The molecule has 1 aliphatic heterocycles. The molecule has 1 heterocycles. The van der Waals surface area contributed by atoms with Gasteiger partial charge in [0.15, 0.2) is 5.78 Å². The number of aliphatic carboxylic acids is 1. The van der Waals surface area contributed by atoms with Gasteiger partial charge >= 0.3 is 5.97 Å². The van der Waals surface area contributed by atoms with Crippen LogP contribution < -0.4 is 5.73 Å². The Morgan fingerprint density at radius 1 is 1.42 bits per heavy atom. The molecule has 0 aliphatic carbocycles. The van der Waals surface area contributed by atoms with Gasteiger partial charge in [0, 0.05) is 12.0 Å². The van der Waals surface area contributed by atoms with Gasteiger partial charge in [-0.2, -0.15) is 0 Å². The molecule has 0 radical (unpaired) electrons. The fourth-order valence-corrected chi connectivity index (χ4v) is 2.46. The fraction of sp³-hybridized carbons (Fsp3) is 0.857. The van der Waals surface area contributed by atoms with Crippen LogP contribution in [0.2, 0.25) is 0 Å². The van der Waals surface area contributed by atoms with Crippen LogP contribution in [0.4, 0.5) is 0 Å². The van der Waals surface area contributed by atoms with Gasteiger partial charge < -0.3 is 15.7 Å². The summed E-state index contributed by atoms with van der Waals surface area (Å²) in [7, 11) is 0. The second kappa shape index (κ2) is 6.48. The van der Waals surface area contributed by atoms with Crippen LogP contribution in [0, 0.1) is 11.3 Å². The molecular weight excluding hydrogens is 244 g/mol. The van der Waals surface area contributed by atoms with Crippen LogP contribution in [0.15, 0.2) is 0 Å². The van der Waals surface area contributed by atoms with Crippen molar-refractivity contribution in [3.05, 3.63) is 0 Å². The van der Waals surface area contributed by atoms with Gasteiger partial charge in [0.1, 0.15) is 0 Å². The molecule has 0 bridgehead atoms. The molecule has 1 saturated heterocycles. The summed E-state index contributed by atoms with van der Waals surface area (Å²) in [5.74, 6) is -0.843. The van der Waals surface area contributed by atoms with Crippen LogP contribution in [0.1, 0.15) is 40.0 Å². The Bertz CT molecular complexity index is 336. The van der Waals surface area contributed by atoms with E-state index >= 15 is 0 Å². The van der Waals surface area contributed by atoms with Crippen molar-refractivity contribution in [1.82, 2.24) is 4.90 Å². The largest absolute Gasteiger partial charge is 0.481 e. The Morgan fingerprint density at radius 2 is 2.05 bits per heavy atom. The van der Waals surface area contributed by atoms with Crippen molar-refractivity contribution >= 4 is 11.8 Å². The lowest BCUT2D eigenvalue weighted by molar-refractivity contribution is -0.141. The van der Waals surface area contributed by atoms with E-state index in [1.807, 2.05) is 20.8 Å². The molecular formula is C14H26N2O3. The van der Waals surface area contributed by atoms with Crippen LogP contribution in [0.3, 0.4) is 0 Å². The summed E-state index contributed by atoms with van der Waals surface area (Å²) in [6, 6.07) is -0.405. The average Bonchev–Trinajstić information content (AvgIpc) is 2.75. The van der Waals surface area contributed by atoms with Crippen molar-refractivity contribution in [2.24, 2.45) is 17.1 Å². The first-order valence-corrected chi connectivity index (χ1v) is 6.97. The Hall–Kier alpha value is -0.940. The number of nitrogens with two attached hydrogens (primary N) is 1. The molecule has 5 heteroatoms. The predicted molar refractivity (Wildman–Crippen MR) is 73.9 cm³/mol. The number of likely N-dealkylation sites (tertiary alicyclic amines) is 1. The van der Waals surface area contributed by atoms with Gasteiger partial charge in [-0.05, 0) is 32.4 Å². The maximum atomic E-state index is 11.9. The number of Topliss-reactive ketones (excluding diaryl/α,β-unsaturated/α-hetero) is 1. The summed E-state index contributed by atoms with van der Waals surface area (Å²) in [6.45, 7) is 7.93. The van der Waals surface area contributed by atoms with E-state index in [-0.39, 0.29) is 17.1 Å². The molecule has 0 saturated carbocycles. The topological polar surface area (TPSA) is 83.6 Å². The molecule has 19 heavy (non-hydrogen) atoms. The highest BCUT2D eigenvalue weighted by atomic mass is 16.4. The third-order valence-electron chi connectivity index (χ3n) is 3.69. The molecule has 2 atom stereocenters. The van der Waals surface area contributed by atoms with Gasteiger partial charge in [-0.1, -0.05) is 20.8 Å². The molecule has 0 amide bonds. The summed E-state index contributed by atoms with van der Waals surface area (Å²) < 4.78 is 0. The van der Waals surface area contributed by atoms with E-state index in [0.717, 1.165) is 25.9 Å². The molecule has 110 valence electrons.